The fourth-order valence-corrected chi connectivity index (χ4v) is 8.29. The van der Waals surface area contributed by atoms with E-state index in [2.05, 4.69) is 148 Å². The van der Waals surface area contributed by atoms with Crippen LogP contribution in [0.3, 0.4) is 0 Å². The summed E-state index contributed by atoms with van der Waals surface area (Å²) in [7, 11) is 2.46. The monoisotopic (exact) mass is 605 g/mol. The topological polar surface area (TPSA) is 19.0 Å². The molecular weight excluding hydrogens is 567 g/mol. The van der Waals surface area contributed by atoms with E-state index in [0.29, 0.717) is 0 Å². The fraction of sp³-hybridized carbons (Fsp3) is 0.182. The second-order valence-electron chi connectivity index (χ2n) is 13.7. The summed E-state index contributed by atoms with van der Waals surface area (Å²) in [6.45, 7) is 9.01. The van der Waals surface area contributed by atoms with Gasteiger partial charge in [0.15, 0.2) is 7.28 Å². The van der Waals surface area contributed by atoms with E-state index in [4.69, 9.17) is 0 Å². The van der Waals surface area contributed by atoms with Crippen LogP contribution in [0.2, 0.25) is 0 Å². The van der Waals surface area contributed by atoms with Crippen LogP contribution in [0.25, 0.3) is 44.1 Å². The second kappa shape index (κ2) is 10.8. The van der Waals surface area contributed by atoms with Crippen molar-refractivity contribution in [3.8, 4) is 22.3 Å². The van der Waals surface area contributed by atoms with Gasteiger partial charge in [0, 0.05) is 38.9 Å². The number of H-pyrrole nitrogens is 1. The minimum Gasteiger partial charge on any atom is -0.354 e. The van der Waals surface area contributed by atoms with Crippen molar-refractivity contribution in [1.82, 2.24) is 4.98 Å². The molecule has 0 spiro atoms. The van der Waals surface area contributed by atoms with Gasteiger partial charge in [-0.15, -0.1) is 0 Å². The number of unbranched alkanes of at least 4 members (excludes halogenated alkanes) is 1. The zero-order valence-electron chi connectivity index (χ0n) is 27.7. The lowest BCUT2D eigenvalue weighted by Gasteiger charge is -2.37. The smallest absolute Gasteiger partial charge is 0.197 e. The maximum Gasteiger partial charge on any atom is 0.197 e. The minimum absolute atomic E-state index is 0.941. The Balaban J connectivity index is 1.39. The number of nitrogens with one attached hydrogen (secondary N) is 1. The average Bonchev–Trinajstić information content (AvgIpc) is 3.63. The number of nitrogens with zero attached hydrogens (tertiary/aromatic N) is 1. The average molecular weight is 606 g/mol. The van der Waals surface area contributed by atoms with E-state index in [0.717, 1.165) is 12.8 Å². The van der Waals surface area contributed by atoms with Crippen LogP contribution in [0.15, 0.2) is 103 Å². The third-order valence-corrected chi connectivity index (χ3v) is 10.5. The number of benzene rings is 6. The molecule has 1 aliphatic heterocycles. The van der Waals surface area contributed by atoms with Gasteiger partial charge in [-0.3, -0.25) is 0 Å². The molecule has 1 radical (unpaired) electrons. The van der Waals surface area contributed by atoms with E-state index in [-0.39, 0.29) is 0 Å². The highest BCUT2D eigenvalue weighted by atomic mass is 15.2. The van der Waals surface area contributed by atoms with Gasteiger partial charge in [-0.25, -0.2) is 0 Å². The Kier molecular flexibility index (Phi) is 6.47. The summed E-state index contributed by atoms with van der Waals surface area (Å²) in [5.74, 6) is 0. The summed E-state index contributed by atoms with van der Waals surface area (Å²) >= 11 is 0. The molecule has 227 valence electrons. The van der Waals surface area contributed by atoms with Crippen molar-refractivity contribution in [1.29, 1.82) is 0 Å². The third-order valence-electron chi connectivity index (χ3n) is 10.5. The molecule has 47 heavy (non-hydrogen) atoms. The molecule has 1 aliphatic carbocycles. The van der Waals surface area contributed by atoms with Crippen molar-refractivity contribution in [2.75, 3.05) is 4.90 Å². The quantitative estimate of drug-likeness (QED) is 0.194. The van der Waals surface area contributed by atoms with Gasteiger partial charge in [0.2, 0.25) is 0 Å². The van der Waals surface area contributed by atoms with Gasteiger partial charge >= 0.3 is 0 Å². The van der Waals surface area contributed by atoms with Crippen molar-refractivity contribution >= 4 is 57.1 Å². The van der Waals surface area contributed by atoms with E-state index in [9.17, 15) is 0 Å². The molecule has 2 heterocycles. The summed E-state index contributed by atoms with van der Waals surface area (Å²) in [5, 5.41) is 2.64. The van der Waals surface area contributed by atoms with Gasteiger partial charge in [0.05, 0.1) is 5.52 Å². The van der Waals surface area contributed by atoms with Gasteiger partial charge in [-0.05, 0) is 132 Å². The van der Waals surface area contributed by atoms with E-state index >= 15 is 0 Å². The van der Waals surface area contributed by atoms with Gasteiger partial charge in [0.25, 0.3) is 0 Å². The van der Waals surface area contributed by atoms with Crippen LogP contribution in [0.5, 0.6) is 0 Å². The van der Waals surface area contributed by atoms with Crippen molar-refractivity contribution in [2.45, 2.75) is 53.4 Å². The van der Waals surface area contributed by atoms with Crippen LogP contribution >= 0.6 is 0 Å². The van der Waals surface area contributed by atoms with Crippen LogP contribution in [0.4, 0.5) is 17.1 Å². The van der Waals surface area contributed by atoms with Gasteiger partial charge in [-0.2, -0.15) is 0 Å². The zero-order chi connectivity index (χ0) is 31.8. The Morgan fingerprint density at radius 1 is 0.702 bits per heavy atom. The summed E-state index contributed by atoms with van der Waals surface area (Å²) in [6.07, 6.45) is 4.49. The first-order chi connectivity index (χ1) is 23.0. The normalized spacial score (nSPS) is 13.0. The Morgan fingerprint density at radius 2 is 1.53 bits per heavy atom. The largest absolute Gasteiger partial charge is 0.354 e. The number of hydrogen-bond acceptors (Lipinski definition) is 1. The molecule has 6 aromatic carbocycles. The minimum atomic E-state index is 0.941. The van der Waals surface area contributed by atoms with Gasteiger partial charge < -0.3 is 9.88 Å². The molecule has 9 rings (SSSR count). The number of anilines is 3. The molecular formula is C44H38BN2. The summed E-state index contributed by atoms with van der Waals surface area (Å²) in [6, 6.07) is 38.9. The van der Waals surface area contributed by atoms with Crippen LogP contribution in [-0.4, -0.2) is 12.3 Å². The lowest BCUT2D eigenvalue weighted by Crippen LogP contribution is -2.42. The predicted octanol–water partition coefficient (Wildman–Crippen LogP) is 10.3. The standard InChI is InChI=1S/C44H38BN2/c1-5-6-14-29-19-20-37-33(23-29)34-21-26(2)22-35(43(34)46-37)41-40-31(24-30-15-8-9-16-32(30)40)25-39-42(41)45-36-17-11-13-28(4)44(36)47(39)38-18-10-7-12-27(38)3/h7-13,15-23,25,46H,5-6,14,24H2,1-4H3. The molecule has 0 unspecified atom stereocenters. The van der Waals surface area contributed by atoms with Crippen LogP contribution in [0, 0.1) is 20.8 Å². The molecule has 0 atom stereocenters. The van der Waals surface area contributed by atoms with Crippen LogP contribution < -0.4 is 15.8 Å². The maximum atomic E-state index is 3.93. The van der Waals surface area contributed by atoms with Crippen LogP contribution in [0.1, 0.15) is 53.1 Å². The zero-order valence-corrected chi connectivity index (χ0v) is 27.7. The van der Waals surface area contributed by atoms with Crippen molar-refractivity contribution in [3.63, 3.8) is 0 Å². The number of fused-ring (bicyclic) bond motifs is 8. The van der Waals surface area contributed by atoms with Gasteiger partial charge in [0.1, 0.15) is 0 Å². The van der Waals surface area contributed by atoms with Crippen molar-refractivity contribution in [3.05, 3.63) is 137 Å². The SMILES string of the molecule is CCCCc1ccc2[nH]c3c(-c4c5c(cc6c4-c4ccccc4C6)N(c4ccccc4C)c4c(C)cccc4[B]5)cc(C)cc3c2c1. The summed E-state index contributed by atoms with van der Waals surface area (Å²) < 4.78 is 0. The molecule has 0 amide bonds. The molecule has 0 fully saturated rings. The predicted molar refractivity (Wildman–Crippen MR) is 202 cm³/mol. The molecule has 2 aliphatic rings. The third kappa shape index (κ3) is 4.33. The van der Waals surface area contributed by atoms with Crippen molar-refractivity contribution in [2.24, 2.45) is 0 Å². The molecule has 0 saturated heterocycles. The second-order valence-corrected chi connectivity index (χ2v) is 13.7. The fourth-order valence-electron chi connectivity index (χ4n) is 8.29. The lowest BCUT2D eigenvalue weighted by atomic mass is 9.57. The van der Waals surface area contributed by atoms with E-state index in [1.54, 1.807) is 0 Å². The number of rotatable bonds is 5. The highest BCUT2D eigenvalue weighted by Gasteiger charge is 2.34. The molecule has 0 saturated carbocycles. The summed E-state index contributed by atoms with van der Waals surface area (Å²) in [5.41, 5.74) is 22.2. The molecule has 1 aromatic heterocycles. The molecule has 0 bridgehead atoms. The Bertz CT molecular complexity index is 2390. The number of para-hydroxylation sites is 2. The van der Waals surface area contributed by atoms with Crippen LogP contribution in [-0.2, 0) is 12.8 Å². The molecule has 3 heteroatoms. The molecule has 2 nitrogen and oxygen atoms in total. The maximum absolute atomic E-state index is 3.93. The Labute approximate surface area is 278 Å². The first-order valence-electron chi connectivity index (χ1n) is 17.1. The number of aryl methyl sites for hydroxylation is 4. The lowest BCUT2D eigenvalue weighted by molar-refractivity contribution is 0.796. The molecule has 1 N–H and O–H groups in total. The highest BCUT2D eigenvalue weighted by Crippen LogP contribution is 2.49. The first kappa shape index (κ1) is 28.2. The first-order valence-corrected chi connectivity index (χ1v) is 17.1. The Morgan fingerprint density at radius 3 is 2.40 bits per heavy atom. The highest BCUT2D eigenvalue weighted by molar-refractivity contribution is 6.73. The number of hydrogen-bond donors (Lipinski definition) is 1. The Hall–Kier alpha value is -5.02. The van der Waals surface area contributed by atoms with E-state index in [1.807, 2.05) is 0 Å². The van der Waals surface area contributed by atoms with Gasteiger partial charge in [-0.1, -0.05) is 85.5 Å². The van der Waals surface area contributed by atoms with Crippen molar-refractivity contribution < 1.29 is 0 Å². The number of aromatic amines is 1. The number of aromatic nitrogens is 1. The summed E-state index contributed by atoms with van der Waals surface area (Å²) in [4.78, 5) is 6.47. The van der Waals surface area contributed by atoms with E-state index in [1.165, 1.54) is 118 Å². The molecule has 7 aromatic rings. The van der Waals surface area contributed by atoms with E-state index < -0.39 is 0 Å².